The Bertz CT molecular complexity index is 949. The van der Waals surface area contributed by atoms with Crippen molar-refractivity contribution in [3.05, 3.63) is 35.5 Å². The molecule has 2 aromatic rings. The smallest absolute Gasteiger partial charge is 0.223 e. The predicted octanol–water partition coefficient (Wildman–Crippen LogP) is 2.63. The maximum atomic E-state index is 11.9. The molecule has 2 heterocycles. The number of aromatic amines is 1. The lowest BCUT2D eigenvalue weighted by Gasteiger charge is -2.24. The first-order chi connectivity index (χ1) is 13.8. The number of sulfone groups is 1. The number of nitrogens with one attached hydrogen (secondary N) is 1. The van der Waals surface area contributed by atoms with Crippen LogP contribution in [0.1, 0.15) is 37.3 Å². The Labute approximate surface area is 174 Å². The number of H-pyrrole nitrogens is 1. The average Bonchev–Trinajstić information content (AvgIpc) is 3.31. The zero-order chi connectivity index (χ0) is 21.0. The van der Waals surface area contributed by atoms with Crippen LogP contribution in [0.2, 0.25) is 0 Å². The van der Waals surface area contributed by atoms with E-state index in [0.29, 0.717) is 18.9 Å². The van der Waals surface area contributed by atoms with Gasteiger partial charge in [0.2, 0.25) is 5.91 Å². The molecule has 1 N–H and O–H groups in total. The predicted molar refractivity (Wildman–Crippen MR) is 118 cm³/mol. The van der Waals surface area contributed by atoms with E-state index in [0.717, 1.165) is 37.0 Å². The van der Waals surface area contributed by atoms with E-state index in [-0.39, 0.29) is 17.4 Å². The van der Waals surface area contributed by atoms with Gasteiger partial charge in [0.25, 0.3) is 0 Å². The van der Waals surface area contributed by atoms with Crippen LogP contribution < -0.4 is 0 Å². The number of aryl methyl sites for hydroxylation is 1. The molecule has 0 bridgehead atoms. The Morgan fingerprint density at radius 3 is 2.83 bits per heavy atom. The minimum Gasteiger partial charge on any atom is -0.361 e. The highest BCUT2D eigenvalue weighted by Gasteiger charge is 2.26. The third kappa shape index (κ3) is 5.60. The third-order valence-corrected chi connectivity index (χ3v) is 7.75. The van der Waals surface area contributed by atoms with Crippen molar-refractivity contribution in [2.75, 3.05) is 38.7 Å². The van der Waals surface area contributed by atoms with Gasteiger partial charge in [-0.3, -0.25) is 9.69 Å². The van der Waals surface area contributed by atoms with Gasteiger partial charge in [0.05, 0.1) is 5.75 Å². The summed E-state index contributed by atoms with van der Waals surface area (Å²) in [5, 5.41) is 1.19. The summed E-state index contributed by atoms with van der Waals surface area (Å²) < 4.78 is 23.7. The summed E-state index contributed by atoms with van der Waals surface area (Å²) in [5.74, 6) is 0.568. The van der Waals surface area contributed by atoms with E-state index in [4.69, 9.17) is 0 Å². The van der Waals surface area contributed by atoms with Crippen LogP contribution in [0, 0.1) is 0 Å². The van der Waals surface area contributed by atoms with Crippen molar-refractivity contribution in [3.63, 3.8) is 0 Å². The van der Waals surface area contributed by atoms with Crippen molar-refractivity contribution in [1.82, 2.24) is 14.8 Å². The van der Waals surface area contributed by atoms with Gasteiger partial charge >= 0.3 is 0 Å². The molecule has 1 aromatic heterocycles. The highest BCUT2D eigenvalue weighted by Crippen LogP contribution is 2.26. The zero-order valence-electron chi connectivity index (χ0n) is 17.8. The minimum atomic E-state index is -2.96. The number of rotatable bonds is 9. The lowest BCUT2D eigenvalue weighted by Crippen LogP contribution is -2.35. The number of amides is 1. The van der Waals surface area contributed by atoms with Crippen LogP contribution in [0.3, 0.4) is 0 Å². The van der Waals surface area contributed by atoms with Gasteiger partial charge in [-0.2, -0.15) is 0 Å². The van der Waals surface area contributed by atoms with E-state index >= 15 is 0 Å². The van der Waals surface area contributed by atoms with E-state index in [9.17, 15) is 13.2 Å². The average molecular weight is 420 g/mol. The quantitative estimate of drug-likeness (QED) is 0.678. The molecular weight excluding hydrogens is 386 g/mol. The molecule has 160 valence electrons. The molecule has 1 saturated heterocycles. The van der Waals surface area contributed by atoms with Crippen molar-refractivity contribution in [1.29, 1.82) is 0 Å². The molecule has 0 unspecified atom stereocenters. The van der Waals surface area contributed by atoms with Gasteiger partial charge in [0, 0.05) is 56.0 Å². The van der Waals surface area contributed by atoms with Gasteiger partial charge in [-0.25, -0.2) is 8.42 Å². The molecule has 0 aliphatic carbocycles. The van der Waals surface area contributed by atoms with Gasteiger partial charge in [0.1, 0.15) is 9.84 Å². The van der Waals surface area contributed by atoms with Gasteiger partial charge in [0.15, 0.2) is 0 Å². The Hall–Kier alpha value is -1.86. The zero-order valence-corrected chi connectivity index (χ0v) is 18.6. The van der Waals surface area contributed by atoms with E-state index in [1.165, 1.54) is 17.4 Å². The number of hydrogen-bond acceptors (Lipinski definition) is 4. The molecule has 0 spiro atoms. The number of benzene rings is 1. The summed E-state index contributed by atoms with van der Waals surface area (Å²) in [6.07, 6.45) is 6.47. The van der Waals surface area contributed by atoms with Gasteiger partial charge in [-0.15, -0.1) is 0 Å². The van der Waals surface area contributed by atoms with Crippen LogP contribution in [-0.2, 0) is 27.5 Å². The number of carbonyl (C=O) groups is 1. The molecule has 6 nitrogen and oxygen atoms in total. The first-order valence-corrected chi connectivity index (χ1v) is 12.3. The molecule has 7 heteroatoms. The molecule has 0 radical (unpaired) electrons. The molecule has 1 atom stereocenters. The van der Waals surface area contributed by atoms with Crippen molar-refractivity contribution >= 4 is 26.6 Å². The molecule has 1 aliphatic heterocycles. The second kappa shape index (κ2) is 9.30. The second-order valence-corrected chi connectivity index (χ2v) is 10.7. The molecule has 1 aromatic carbocycles. The van der Waals surface area contributed by atoms with Crippen LogP contribution in [0.15, 0.2) is 24.4 Å². The lowest BCUT2D eigenvalue weighted by atomic mass is 10.0. The molecular formula is C22H33N3O3S. The third-order valence-electron chi connectivity index (χ3n) is 6.04. The lowest BCUT2D eigenvalue weighted by molar-refractivity contribution is -0.129. The van der Waals surface area contributed by atoms with Crippen LogP contribution in [-0.4, -0.2) is 73.8 Å². The number of hydrogen-bond donors (Lipinski definition) is 1. The molecule has 1 aliphatic rings. The Kier molecular flexibility index (Phi) is 7.01. The van der Waals surface area contributed by atoms with Crippen LogP contribution in [0.4, 0.5) is 0 Å². The monoisotopic (exact) mass is 419 g/mol. The standard InChI is InChI=1S/C22H33N3O3S/c1-4-29(27,28)13-10-17-7-8-21-20(14-17)18(16-23-21)15-19-6-5-11-25(19)12-9-22(26)24(2)3/h7-8,14,16,19,23H,4-6,9-13,15H2,1-3H3/t19-/m1/s1. The molecule has 3 rings (SSSR count). The number of likely N-dealkylation sites (tertiary alicyclic amines) is 1. The highest BCUT2D eigenvalue weighted by atomic mass is 32.2. The second-order valence-electron chi connectivity index (χ2n) is 8.25. The van der Waals surface area contributed by atoms with Crippen LogP contribution in [0.25, 0.3) is 10.9 Å². The summed E-state index contributed by atoms with van der Waals surface area (Å²) >= 11 is 0. The van der Waals surface area contributed by atoms with Crippen molar-refractivity contribution in [3.8, 4) is 0 Å². The fourth-order valence-electron chi connectivity index (χ4n) is 4.11. The molecule has 29 heavy (non-hydrogen) atoms. The van der Waals surface area contributed by atoms with Crippen molar-refractivity contribution in [2.45, 2.75) is 45.1 Å². The summed E-state index contributed by atoms with van der Waals surface area (Å²) in [6, 6.07) is 6.66. The molecule has 1 fully saturated rings. The topological polar surface area (TPSA) is 73.5 Å². The number of aromatic nitrogens is 1. The summed E-state index contributed by atoms with van der Waals surface area (Å²) in [4.78, 5) is 19.4. The van der Waals surface area contributed by atoms with E-state index in [2.05, 4.69) is 28.2 Å². The first kappa shape index (κ1) is 21.8. The van der Waals surface area contributed by atoms with Crippen LogP contribution >= 0.6 is 0 Å². The van der Waals surface area contributed by atoms with E-state index in [1.807, 2.05) is 6.07 Å². The number of fused-ring (bicyclic) bond motifs is 1. The summed E-state index contributed by atoms with van der Waals surface area (Å²) in [5.41, 5.74) is 3.43. The first-order valence-electron chi connectivity index (χ1n) is 10.5. The van der Waals surface area contributed by atoms with Gasteiger partial charge < -0.3 is 9.88 Å². The fourth-order valence-corrected chi connectivity index (χ4v) is 4.94. The molecule has 1 amide bonds. The largest absolute Gasteiger partial charge is 0.361 e. The Balaban J connectivity index is 1.69. The highest BCUT2D eigenvalue weighted by molar-refractivity contribution is 7.91. The summed E-state index contributed by atoms with van der Waals surface area (Å²) in [6.45, 7) is 3.56. The van der Waals surface area contributed by atoms with Crippen LogP contribution in [0.5, 0.6) is 0 Å². The Morgan fingerprint density at radius 2 is 2.10 bits per heavy atom. The Morgan fingerprint density at radius 1 is 1.31 bits per heavy atom. The maximum absolute atomic E-state index is 11.9. The van der Waals surface area contributed by atoms with Crippen molar-refractivity contribution < 1.29 is 13.2 Å². The maximum Gasteiger partial charge on any atom is 0.223 e. The minimum absolute atomic E-state index is 0.175. The number of carbonyl (C=O) groups excluding carboxylic acids is 1. The van der Waals surface area contributed by atoms with E-state index in [1.54, 1.807) is 25.9 Å². The normalized spacial score (nSPS) is 17.8. The fraction of sp³-hybridized carbons (Fsp3) is 0.591. The molecule has 0 saturated carbocycles. The summed E-state index contributed by atoms with van der Waals surface area (Å²) in [7, 11) is 0.651. The number of nitrogens with zero attached hydrogens (tertiary/aromatic N) is 2. The van der Waals surface area contributed by atoms with Gasteiger partial charge in [-0.1, -0.05) is 13.0 Å². The van der Waals surface area contributed by atoms with E-state index < -0.39 is 9.84 Å². The van der Waals surface area contributed by atoms with Crippen molar-refractivity contribution in [2.24, 2.45) is 0 Å². The SMILES string of the molecule is CCS(=O)(=O)CCc1ccc2[nH]cc(C[C@H]3CCCN3CCC(=O)N(C)C)c2c1. The van der Waals surface area contributed by atoms with Gasteiger partial charge in [-0.05, 0) is 55.5 Å².